The van der Waals surface area contributed by atoms with Gasteiger partial charge in [0.15, 0.2) is 0 Å². The van der Waals surface area contributed by atoms with Gasteiger partial charge in [-0.3, -0.25) is 4.40 Å². The molecular formula is C19H17F5N4O2. The van der Waals surface area contributed by atoms with E-state index in [0.717, 1.165) is 25.0 Å². The highest BCUT2D eigenvalue weighted by Crippen LogP contribution is 2.38. The van der Waals surface area contributed by atoms with Gasteiger partial charge in [-0.15, -0.1) is 10.2 Å². The quantitative estimate of drug-likeness (QED) is 0.582. The first-order valence-electron chi connectivity index (χ1n) is 9.18. The van der Waals surface area contributed by atoms with Crippen LogP contribution in [0.3, 0.4) is 0 Å². The fourth-order valence-electron chi connectivity index (χ4n) is 3.37. The molecule has 1 aliphatic heterocycles. The van der Waals surface area contributed by atoms with Crippen LogP contribution in [-0.4, -0.2) is 40.5 Å². The Balaban J connectivity index is 1.72. The molecule has 1 aromatic carbocycles. The van der Waals surface area contributed by atoms with E-state index in [1.807, 2.05) is 0 Å². The van der Waals surface area contributed by atoms with Gasteiger partial charge in [0.1, 0.15) is 11.4 Å². The van der Waals surface area contributed by atoms with Crippen LogP contribution in [-0.2, 0) is 10.9 Å². The maximum Gasteiger partial charge on any atom is 0.416 e. The van der Waals surface area contributed by atoms with Gasteiger partial charge in [0.2, 0.25) is 5.95 Å². The molecule has 1 N–H and O–H groups in total. The molecule has 160 valence electrons. The van der Waals surface area contributed by atoms with Crippen molar-refractivity contribution >= 4 is 11.5 Å². The number of benzene rings is 1. The molecule has 0 amide bonds. The van der Waals surface area contributed by atoms with Crippen LogP contribution >= 0.6 is 0 Å². The fraction of sp³-hybridized carbons (Fsp3) is 0.368. The van der Waals surface area contributed by atoms with Crippen LogP contribution in [0.15, 0.2) is 36.5 Å². The number of alkyl halides is 5. The predicted molar refractivity (Wildman–Crippen MR) is 97.5 cm³/mol. The largest absolute Gasteiger partial charge is 0.434 e. The van der Waals surface area contributed by atoms with Crippen molar-refractivity contribution in [2.45, 2.75) is 31.7 Å². The zero-order valence-electron chi connectivity index (χ0n) is 15.5. The van der Waals surface area contributed by atoms with Gasteiger partial charge in [0.25, 0.3) is 0 Å². The summed E-state index contributed by atoms with van der Waals surface area (Å²) in [5.41, 5.74) is -0.535. The summed E-state index contributed by atoms with van der Waals surface area (Å²) in [6.07, 6.45) is -1.06. The second-order valence-corrected chi connectivity index (χ2v) is 6.74. The standard InChI is InChI=1S/C19H17F5N4O2/c20-17(21)30-15-9-11(19(22,23)24)5-6-13(15)16-14-4-1-7-28(14)18(27-26-16)25-10-12-3-2-8-29-12/h1,4-7,9,12,17H,2-3,8,10H2,(H,25,27)/t12-/m0/s1. The molecular weight excluding hydrogens is 411 g/mol. The van der Waals surface area contributed by atoms with Gasteiger partial charge < -0.3 is 14.8 Å². The summed E-state index contributed by atoms with van der Waals surface area (Å²) in [6, 6.07) is 5.73. The van der Waals surface area contributed by atoms with Crippen molar-refractivity contribution in [3.8, 4) is 17.0 Å². The molecule has 1 atom stereocenters. The third-order valence-corrected chi connectivity index (χ3v) is 4.76. The first-order valence-corrected chi connectivity index (χ1v) is 9.18. The number of nitrogens with one attached hydrogen (secondary N) is 1. The lowest BCUT2D eigenvalue weighted by atomic mass is 10.1. The number of hydrogen-bond donors (Lipinski definition) is 1. The number of nitrogens with zero attached hydrogens (tertiary/aromatic N) is 3. The third-order valence-electron chi connectivity index (χ3n) is 4.76. The maximum atomic E-state index is 13.0. The Labute approximate surface area is 167 Å². The van der Waals surface area contributed by atoms with Crippen molar-refractivity contribution in [1.29, 1.82) is 0 Å². The summed E-state index contributed by atoms with van der Waals surface area (Å²) in [7, 11) is 0. The zero-order valence-corrected chi connectivity index (χ0v) is 15.5. The molecule has 30 heavy (non-hydrogen) atoms. The van der Waals surface area contributed by atoms with Gasteiger partial charge in [0, 0.05) is 24.9 Å². The van der Waals surface area contributed by atoms with Crippen LogP contribution in [0.4, 0.5) is 27.9 Å². The summed E-state index contributed by atoms with van der Waals surface area (Å²) < 4.78 is 76.3. The summed E-state index contributed by atoms with van der Waals surface area (Å²) in [6.45, 7) is -2.08. The predicted octanol–water partition coefficient (Wildman–Crippen LogP) is 4.61. The number of halogens is 5. The van der Waals surface area contributed by atoms with Crippen LogP contribution < -0.4 is 10.1 Å². The molecule has 0 radical (unpaired) electrons. The lowest BCUT2D eigenvalue weighted by Gasteiger charge is -2.16. The van der Waals surface area contributed by atoms with Gasteiger partial charge in [-0.2, -0.15) is 22.0 Å². The van der Waals surface area contributed by atoms with Crippen molar-refractivity contribution in [2.24, 2.45) is 0 Å². The molecule has 3 heterocycles. The normalized spacial score (nSPS) is 17.1. The topological polar surface area (TPSA) is 60.7 Å². The average molecular weight is 428 g/mol. The number of rotatable bonds is 6. The van der Waals surface area contributed by atoms with Crippen molar-refractivity contribution in [3.63, 3.8) is 0 Å². The molecule has 0 spiro atoms. The molecule has 2 aromatic heterocycles. The molecule has 1 aliphatic rings. The second-order valence-electron chi connectivity index (χ2n) is 6.74. The number of hydrogen-bond acceptors (Lipinski definition) is 5. The van der Waals surface area contributed by atoms with Crippen molar-refractivity contribution in [1.82, 2.24) is 14.6 Å². The Hall–Kier alpha value is -2.95. The summed E-state index contributed by atoms with van der Waals surface area (Å²) in [5.74, 6) is -0.227. The summed E-state index contributed by atoms with van der Waals surface area (Å²) in [4.78, 5) is 0. The van der Waals surface area contributed by atoms with E-state index >= 15 is 0 Å². The summed E-state index contributed by atoms with van der Waals surface area (Å²) in [5, 5.41) is 11.3. The van der Waals surface area contributed by atoms with Gasteiger partial charge >= 0.3 is 12.8 Å². The molecule has 11 heteroatoms. The molecule has 1 saturated heterocycles. The van der Waals surface area contributed by atoms with Crippen molar-refractivity contribution in [3.05, 3.63) is 42.1 Å². The van der Waals surface area contributed by atoms with Gasteiger partial charge in [-0.25, -0.2) is 0 Å². The van der Waals surface area contributed by atoms with E-state index in [1.54, 1.807) is 22.7 Å². The SMILES string of the molecule is FC(F)Oc1cc(C(F)(F)F)ccc1-c1nnc(NC[C@@H]2CCCO2)n2cccc12. The summed E-state index contributed by atoms with van der Waals surface area (Å²) >= 11 is 0. The van der Waals surface area contributed by atoms with Crippen LogP contribution in [0.25, 0.3) is 16.8 Å². The second kappa shape index (κ2) is 8.05. The highest BCUT2D eigenvalue weighted by Gasteiger charge is 2.32. The minimum atomic E-state index is -4.70. The Kier molecular flexibility index (Phi) is 5.46. The Morgan fingerprint density at radius 2 is 2.07 bits per heavy atom. The monoisotopic (exact) mass is 428 g/mol. The van der Waals surface area contributed by atoms with E-state index in [2.05, 4.69) is 20.3 Å². The van der Waals surface area contributed by atoms with Crippen LogP contribution in [0, 0.1) is 0 Å². The van der Waals surface area contributed by atoms with Crippen LogP contribution in [0.1, 0.15) is 18.4 Å². The van der Waals surface area contributed by atoms with E-state index in [1.165, 1.54) is 0 Å². The van der Waals surface area contributed by atoms with Crippen molar-refractivity contribution < 1.29 is 31.4 Å². The minimum absolute atomic E-state index is 0.0230. The third kappa shape index (κ3) is 4.16. The van der Waals surface area contributed by atoms with Gasteiger partial charge in [-0.1, -0.05) is 0 Å². The highest BCUT2D eigenvalue weighted by molar-refractivity contribution is 5.81. The fourth-order valence-corrected chi connectivity index (χ4v) is 3.37. The molecule has 4 rings (SSSR count). The first kappa shape index (κ1) is 20.3. The number of ether oxygens (including phenoxy) is 2. The average Bonchev–Trinajstić information content (AvgIpc) is 3.37. The zero-order chi connectivity index (χ0) is 21.3. The van der Waals surface area contributed by atoms with E-state index in [9.17, 15) is 22.0 Å². The molecule has 1 fully saturated rings. The van der Waals surface area contributed by atoms with E-state index in [4.69, 9.17) is 4.74 Å². The van der Waals surface area contributed by atoms with Crippen molar-refractivity contribution in [2.75, 3.05) is 18.5 Å². The van der Waals surface area contributed by atoms with Gasteiger partial charge in [-0.05, 0) is 43.2 Å². The smallest absolute Gasteiger partial charge is 0.416 e. The number of aromatic nitrogens is 3. The van der Waals surface area contributed by atoms with Gasteiger partial charge in [0.05, 0.1) is 17.2 Å². The molecule has 3 aromatic rings. The Morgan fingerprint density at radius 3 is 2.77 bits per heavy atom. The molecule has 0 bridgehead atoms. The molecule has 6 nitrogen and oxygen atoms in total. The maximum absolute atomic E-state index is 13.0. The molecule has 0 aliphatic carbocycles. The Bertz CT molecular complexity index is 1030. The highest BCUT2D eigenvalue weighted by atomic mass is 19.4. The minimum Gasteiger partial charge on any atom is -0.434 e. The van der Waals surface area contributed by atoms with E-state index in [0.29, 0.717) is 30.7 Å². The molecule has 0 saturated carbocycles. The van der Waals surface area contributed by atoms with Crippen LogP contribution in [0.5, 0.6) is 5.75 Å². The lowest BCUT2D eigenvalue weighted by Crippen LogP contribution is -2.20. The number of fused-ring (bicyclic) bond motifs is 1. The first-order chi connectivity index (χ1) is 14.3. The number of anilines is 1. The van der Waals surface area contributed by atoms with E-state index in [-0.39, 0.29) is 17.4 Å². The Morgan fingerprint density at radius 1 is 1.23 bits per heavy atom. The van der Waals surface area contributed by atoms with Crippen LogP contribution in [0.2, 0.25) is 0 Å². The van der Waals surface area contributed by atoms with E-state index < -0.39 is 24.1 Å². The lowest BCUT2D eigenvalue weighted by molar-refractivity contribution is -0.138. The molecule has 0 unspecified atom stereocenters.